The van der Waals surface area contributed by atoms with Crippen LogP contribution in [0.2, 0.25) is 13.1 Å². The summed E-state index contributed by atoms with van der Waals surface area (Å²) < 4.78 is 0. The Hall–Kier alpha value is -3.10. The van der Waals surface area contributed by atoms with E-state index in [0.29, 0.717) is 0 Å². The molecule has 0 aromatic heterocycles. The molecule has 0 atom stereocenters. The third kappa shape index (κ3) is 12.0. The van der Waals surface area contributed by atoms with E-state index < -0.39 is 20.8 Å². The van der Waals surface area contributed by atoms with Gasteiger partial charge in [0.25, 0.3) is 0 Å². The molecule has 52 heavy (non-hydrogen) atoms. The zero-order valence-corrected chi connectivity index (χ0v) is 35.5. The van der Waals surface area contributed by atoms with Crippen LogP contribution in [0.4, 0.5) is 0 Å². The van der Waals surface area contributed by atoms with Gasteiger partial charge >= 0.3 is 37.9 Å². The molecular weight excluding hydrogens is 767 g/mol. The molecule has 4 heteroatoms. The Kier molecular flexibility index (Phi) is 17.1. The predicted molar refractivity (Wildman–Crippen MR) is 225 cm³/mol. The first-order valence-electron chi connectivity index (χ1n) is 18.7. The molecule has 0 heterocycles. The van der Waals surface area contributed by atoms with Gasteiger partial charge in [-0.15, -0.1) is 69.1 Å². The fourth-order valence-electron chi connectivity index (χ4n) is 7.40. The Bertz CT molecular complexity index is 1910. The van der Waals surface area contributed by atoms with Crippen molar-refractivity contribution in [1.82, 2.24) is 0 Å². The minimum atomic E-state index is -0.826. The van der Waals surface area contributed by atoms with Crippen LogP contribution in [0, 0.1) is 23.7 Å². The van der Waals surface area contributed by atoms with E-state index in [1.807, 2.05) is 36.4 Å². The Balaban J connectivity index is 0.000000175. The van der Waals surface area contributed by atoms with Gasteiger partial charge in [-0.3, -0.25) is 0 Å². The molecule has 6 aromatic carbocycles. The number of hydrogen-bond acceptors (Lipinski definition) is 0. The van der Waals surface area contributed by atoms with Crippen LogP contribution in [0.1, 0.15) is 109 Å². The fraction of sp³-hybridized carbons (Fsp3) is 0.292. The first-order valence-corrected chi connectivity index (χ1v) is 27.0. The first kappa shape index (κ1) is 40.1. The van der Waals surface area contributed by atoms with Crippen molar-refractivity contribution >= 4 is 48.1 Å². The normalized spacial score (nSPS) is 14.1. The SMILES string of the molecule is C(#Cc1cccc2[cH-]c(C3CCCCC3)cc12)c1ccccc1.C(#Cc1cccc2[cH-]c(C3CCCCC3)cc12)c1ccccc1.C[Si]C.[Cl][Zr+2][Cl]. The van der Waals surface area contributed by atoms with E-state index in [1.54, 1.807) is 0 Å². The molecule has 2 aliphatic rings. The zero-order valence-electron chi connectivity index (χ0n) is 30.5. The summed E-state index contributed by atoms with van der Waals surface area (Å²) >= 11 is -0.826. The summed E-state index contributed by atoms with van der Waals surface area (Å²) in [6.45, 7) is 4.31. The molecule has 0 spiro atoms. The van der Waals surface area contributed by atoms with Crippen LogP contribution in [0.5, 0.6) is 0 Å². The standard InChI is InChI=1S/2C23H21.C2H6Si.2ClH.Zr/c2*1-3-8-18(9-4-1)14-15-20-12-7-13-21-16-22(17-23(20)21)19-10-5-2-6-11-19;1-3-2;;;/h2*1,3-4,7-9,12-13,16-17,19H,2,5-6,10-11H2;1-2H3;2*1H;/q2*-1;;;;+4/p-2. The monoisotopic (exact) mass is 812 g/mol. The number of halogens is 2. The maximum absolute atomic E-state index is 4.93. The molecular formula is C48H48Cl2SiZr. The van der Waals surface area contributed by atoms with E-state index in [4.69, 9.17) is 17.0 Å². The van der Waals surface area contributed by atoms with Crippen molar-refractivity contribution in [2.45, 2.75) is 89.1 Å². The Labute approximate surface area is 333 Å². The second-order valence-electron chi connectivity index (χ2n) is 13.7. The van der Waals surface area contributed by atoms with E-state index >= 15 is 0 Å². The van der Waals surface area contributed by atoms with Crippen molar-refractivity contribution in [3.8, 4) is 23.7 Å². The van der Waals surface area contributed by atoms with Crippen LogP contribution in [0.25, 0.3) is 21.5 Å². The van der Waals surface area contributed by atoms with Crippen LogP contribution >= 0.6 is 17.0 Å². The molecule has 262 valence electrons. The van der Waals surface area contributed by atoms with Gasteiger partial charge in [-0.2, -0.15) is 12.1 Å². The van der Waals surface area contributed by atoms with Gasteiger partial charge in [0.1, 0.15) is 0 Å². The van der Waals surface area contributed by atoms with Gasteiger partial charge < -0.3 is 0 Å². The van der Waals surface area contributed by atoms with Gasteiger partial charge in [-0.05, 0) is 72.9 Å². The van der Waals surface area contributed by atoms with E-state index in [2.05, 4.69) is 122 Å². The average molecular weight is 815 g/mol. The molecule has 0 unspecified atom stereocenters. The van der Waals surface area contributed by atoms with Crippen molar-refractivity contribution in [1.29, 1.82) is 0 Å². The summed E-state index contributed by atoms with van der Waals surface area (Å²) in [6.07, 6.45) is 13.7. The van der Waals surface area contributed by atoms with Crippen molar-refractivity contribution in [2.24, 2.45) is 0 Å². The molecule has 2 fully saturated rings. The molecule has 2 saturated carbocycles. The summed E-state index contributed by atoms with van der Waals surface area (Å²) in [5, 5.41) is 5.31. The van der Waals surface area contributed by atoms with Crippen molar-refractivity contribution in [2.75, 3.05) is 0 Å². The molecule has 0 N–H and O–H groups in total. The van der Waals surface area contributed by atoms with Crippen molar-refractivity contribution in [3.05, 3.63) is 155 Å². The topological polar surface area (TPSA) is 0 Å². The molecule has 0 saturated heterocycles. The quantitative estimate of drug-likeness (QED) is 0.0928. The second kappa shape index (κ2) is 22.2. The molecule has 2 aliphatic carbocycles. The molecule has 0 bridgehead atoms. The predicted octanol–water partition coefficient (Wildman–Crippen LogP) is 14.2. The van der Waals surface area contributed by atoms with E-state index in [1.165, 1.54) is 96.9 Å². The van der Waals surface area contributed by atoms with E-state index in [9.17, 15) is 0 Å². The zero-order chi connectivity index (χ0) is 36.4. The average Bonchev–Trinajstić information content (AvgIpc) is 3.85. The van der Waals surface area contributed by atoms with E-state index in [0.717, 1.165) is 43.6 Å². The van der Waals surface area contributed by atoms with Crippen LogP contribution in [-0.2, 0) is 20.8 Å². The minimum absolute atomic E-state index is 0.756. The maximum atomic E-state index is 4.93. The van der Waals surface area contributed by atoms with Gasteiger partial charge in [-0.25, -0.2) is 0 Å². The third-order valence-corrected chi connectivity index (χ3v) is 9.93. The summed E-state index contributed by atoms with van der Waals surface area (Å²) in [4.78, 5) is 0. The van der Waals surface area contributed by atoms with Gasteiger partial charge in [0.2, 0.25) is 0 Å². The van der Waals surface area contributed by atoms with Crippen molar-refractivity contribution < 1.29 is 20.8 Å². The van der Waals surface area contributed by atoms with Crippen molar-refractivity contribution in [3.63, 3.8) is 0 Å². The van der Waals surface area contributed by atoms with Gasteiger partial charge in [0.15, 0.2) is 0 Å². The fourth-order valence-corrected chi connectivity index (χ4v) is 7.40. The molecule has 6 aromatic rings. The molecule has 8 rings (SSSR count). The summed E-state index contributed by atoms with van der Waals surface area (Å²) in [5.41, 5.74) is 7.48. The van der Waals surface area contributed by atoms with Crippen LogP contribution < -0.4 is 0 Å². The summed E-state index contributed by atoms with van der Waals surface area (Å²) in [6, 6.07) is 43.0. The summed E-state index contributed by atoms with van der Waals surface area (Å²) in [5.74, 6) is 14.8. The second-order valence-corrected chi connectivity index (χ2v) is 18.4. The Morgan fingerprint density at radius 1 is 0.519 bits per heavy atom. The molecule has 0 aliphatic heterocycles. The Morgan fingerprint density at radius 3 is 1.25 bits per heavy atom. The molecule has 0 amide bonds. The number of benzene rings is 4. The third-order valence-electron chi connectivity index (χ3n) is 9.93. The van der Waals surface area contributed by atoms with E-state index in [-0.39, 0.29) is 0 Å². The first-order chi connectivity index (χ1) is 25.6. The molecule has 2 radical (unpaired) electrons. The van der Waals surface area contributed by atoms with Gasteiger partial charge in [-0.1, -0.05) is 124 Å². The van der Waals surface area contributed by atoms with Gasteiger partial charge in [0.05, 0.1) is 0 Å². The Morgan fingerprint density at radius 2 is 0.885 bits per heavy atom. The summed E-state index contributed by atoms with van der Waals surface area (Å²) in [7, 11) is 11.0. The number of rotatable bonds is 2. The van der Waals surface area contributed by atoms with Crippen LogP contribution in [0.3, 0.4) is 0 Å². The van der Waals surface area contributed by atoms with Crippen LogP contribution in [-0.4, -0.2) is 9.52 Å². The number of hydrogen-bond donors (Lipinski definition) is 0. The number of fused-ring (bicyclic) bond motifs is 2. The van der Waals surface area contributed by atoms with Crippen LogP contribution in [0.15, 0.2) is 121 Å². The molecule has 0 nitrogen and oxygen atoms in total. The van der Waals surface area contributed by atoms with Gasteiger partial charge in [0, 0.05) is 20.6 Å².